The molecular formula is C13H30NO3P. The van der Waals surface area contributed by atoms with Crippen LogP contribution in [0.25, 0.3) is 0 Å². The van der Waals surface area contributed by atoms with E-state index in [0.717, 1.165) is 12.8 Å². The smallest absolute Gasteiger partial charge is 0.311 e. The Labute approximate surface area is 112 Å². The Hall–Kier alpha value is 0.110. The molecule has 0 aliphatic rings. The standard InChI is InChI=1S/C13H30NO3P/c1-3-4-5-6-7-8-9-10-11-12-13-18(15,16-2)17-14/h3-14H2,1-2H3. The van der Waals surface area contributed by atoms with Crippen LogP contribution in [-0.4, -0.2) is 13.3 Å². The van der Waals surface area contributed by atoms with Gasteiger partial charge in [-0.15, -0.1) is 0 Å². The molecule has 2 N–H and O–H groups in total. The van der Waals surface area contributed by atoms with Gasteiger partial charge in [0.2, 0.25) is 0 Å². The van der Waals surface area contributed by atoms with E-state index < -0.39 is 7.60 Å². The molecule has 0 amide bonds. The number of nitrogens with two attached hydrogens (primary N) is 1. The third-order valence-electron chi connectivity index (χ3n) is 3.22. The second kappa shape index (κ2) is 12.2. The van der Waals surface area contributed by atoms with E-state index in [0.29, 0.717) is 6.16 Å². The Morgan fingerprint density at radius 1 is 0.889 bits per heavy atom. The zero-order valence-electron chi connectivity index (χ0n) is 12.0. The van der Waals surface area contributed by atoms with Gasteiger partial charge in [0.05, 0.1) is 6.16 Å². The molecule has 1 unspecified atom stereocenters. The normalized spacial score (nSPS) is 14.6. The van der Waals surface area contributed by atoms with Gasteiger partial charge in [-0.05, 0) is 6.42 Å². The van der Waals surface area contributed by atoms with Crippen molar-refractivity contribution in [2.75, 3.05) is 13.3 Å². The third-order valence-corrected chi connectivity index (χ3v) is 4.97. The minimum Gasteiger partial charge on any atom is -0.311 e. The zero-order chi connectivity index (χ0) is 13.7. The molecule has 0 saturated carbocycles. The summed E-state index contributed by atoms with van der Waals surface area (Å²) in [4.78, 5) is 0. The Morgan fingerprint density at radius 3 is 1.72 bits per heavy atom. The number of rotatable bonds is 13. The number of hydrogen-bond donors (Lipinski definition) is 1. The minimum absolute atomic E-state index is 0.427. The van der Waals surface area contributed by atoms with Crippen molar-refractivity contribution in [1.29, 1.82) is 0 Å². The maximum absolute atomic E-state index is 11.6. The van der Waals surface area contributed by atoms with Crippen LogP contribution in [0.3, 0.4) is 0 Å². The minimum atomic E-state index is -2.98. The molecule has 1 atom stereocenters. The SMILES string of the molecule is CCCCCCCCCCCCP(=O)(OC)ON. The van der Waals surface area contributed by atoms with E-state index in [2.05, 4.69) is 11.5 Å². The lowest BCUT2D eigenvalue weighted by Crippen LogP contribution is -2.02. The molecule has 0 heterocycles. The maximum Gasteiger partial charge on any atom is 0.346 e. The van der Waals surface area contributed by atoms with Crippen molar-refractivity contribution in [1.82, 2.24) is 0 Å². The molecule has 0 bridgehead atoms. The maximum atomic E-state index is 11.6. The van der Waals surface area contributed by atoms with E-state index in [-0.39, 0.29) is 0 Å². The molecule has 0 aliphatic heterocycles. The van der Waals surface area contributed by atoms with Gasteiger partial charge in [-0.3, -0.25) is 4.57 Å². The van der Waals surface area contributed by atoms with Gasteiger partial charge in [-0.25, -0.2) is 10.5 Å². The highest BCUT2D eigenvalue weighted by Crippen LogP contribution is 2.46. The van der Waals surface area contributed by atoms with Gasteiger partial charge in [0.25, 0.3) is 0 Å². The Balaban J connectivity index is 3.23. The van der Waals surface area contributed by atoms with E-state index >= 15 is 0 Å². The van der Waals surface area contributed by atoms with Crippen molar-refractivity contribution in [3.05, 3.63) is 0 Å². The molecule has 0 radical (unpaired) electrons. The van der Waals surface area contributed by atoms with E-state index in [1.165, 1.54) is 58.5 Å². The van der Waals surface area contributed by atoms with E-state index in [1.54, 1.807) is 0 Å². The Kier molecular flexibility index (Phi) is 12.2. The highest BCUT2D eigenvalue weighted by atomic mass is 31.2. The summed E-state index contributed by atoms with van der Waals surface area (Å²) in [5, 5.41) is 0. The predicted molar refractivity (Wildman–Crippen MR) is 76.6 cm³/mol. The van der Waals surface area contributed by atoms with Crippen molar-refractivity contribution in [3.63, 3.8) is 0 Å². The van der Waals surface area contributed by atoms with Crippen molar-refractivity contribution in [2.24, 2.45) is 5.90 Å². The second-order valence-corrected chi connectivity index (χ2v) is 7.05. The highest BCUT2D eigenvalue weighted by molar-refractivity contribution is 7.53. The summed E-state index contributed by atoms with van der Waals surface area (Å²) in [6.45, 7) is 2.24. The average Bonchev–Trinajstić information content (AvgIpc) is 2.40. The Bertz CT molecular complexity index is 216. The third kappa shape index (κ3) is 10.1. The van der Waals surface area contributed by atoms with Crippen molar-refractivity contribution < 1.29 is 13.7 Å². The van der Waals surface area contributed by atoms with E-state index in [4.69, 9.17) is 10.4 Å². The fourth-order valence-electron chi connectivity index (χ4n) is 1.98. The van der Waals surface area contributed by atoms with Crippen LogP contribution in [0.4, 0.5) is 0 Å². The lowest BCUT2D eigenvalue weighted by molar-refractivity contribution is 0.238. The van der Waals surface area contributed by atoms with Gasteiger partial charge in [0, 0.05) is 7.11 Å². The van der Waals surface area contributed by atoms with Gasteiger partial charge in [-0.1, -0.05) is 64.7 Å². The lowest BCUT2D eigenvalue weighted by Gasteiger charge is -2.11. The van der Waals surface area contributed by atoms with Crippen LogP contribution in [0.5, 0.6) is 0 Å². The van der Waals surface area contributed by atoms with Gasteiger partial charge >= 0.3 is 7.60 Å². The fourth-order valence-corrected chi connectivity index (χ4v) is 2.96. The van der Waals surface area contributed by atoms with Crippen LogP contribution >= 0.6 is 7.60 Å². The summed E-state index contributed by atoms with van der Waals surface area (Å²) in [7, 11) is -1.60. The second-order valence-electron chi connectivity index (χ2n) is 4.80. The van der Waals surface area contributed by atoms with Crippen LogP contribution in [-0.2, 0) is 13.7 Å². The first-order valence-corrected chi connectivity index (χ1v) is 8.94. The molecule has 0 aromatic heterocycles. The molecule has 0 fully saturated rings. The van der Waals surface area contributed by atoms with Crippen LogP contribution < -0.4 is 5.90 Å². The summed E-state index contributed by atoms with van der Waals surface area (Å²) in [5.41, 5.74) is 0. The highest BCUT2D eigenvalue weighted by Gasteiger charge is 2.20. The first kappa shape index (κ1) is 18.1. The molecule has 0 aromatic carbocycles. The summed E-state index contributed by atoms with van der Waals surface area (Å²) in [6.07, 6.45) is 12.9. The van der Waals surface area contributed by atoms with Crippen molar-refractivity contribution >= 4 is 7.60 Å². The molecule has 4 nitrogen and oxygen atoms in total. The summed E-state index contributed by atoms with van der Waals surface area (Å²) < 4.78 is 20.8. The molecule has 0 saturated heterocycles. The number of unbranched alkanes of at least 4 members (excludes halogenated alkanes) is 9. The predicted octanol–water partition coefficient (Wildman–Crippen LogP) is 4.64. The fraction of sp³-hybridized carbons (Fsp3) is 1.00. The average molecular weight is 279 g/mol. The quantitative estimate of drug-likeness (QED) is 0.303. The van der Waals surface area contributed by atoms with Crippen LogP contribution in [0.2, 0.25) is 0 Å². The molecule has 18 heavy (non-hydrogen) atoms. The molecular weight excluding hydrogens is 249 g/mol. The molecule has 110 valence electrons. The topological polar surface area (TPSA) is 61.5 Å². The van der Waals surface area contributed by atoms with Crippen LogP contribution in [0.15, 0.2) is 0 Å². The molecule has 5 heteroatoms. The molecule has 0 aromatic rings. The monoisotopic (exact) mass is 279 g/mol. The lowest BCUT2D eigenvalue weighted by atomic mass is 10.1. The first-order valence-electron chi connectivity index (χ1n) is 7.22. The summed E-state index contributed by atoms with van der Waals surface area (Å²) in [5.74, 6) is 4.95. The van der Waals surface area contributed by atoms with E-state index in [9.17, 15) is 4.57 Å². The van der Waals surface area contributed by atoms with Crippen molar-refractivity contribution in [3.8, 4) is 0 Å². The van der Waals surface area contributed by atoms with Crippen LogP contribution in [0.1, 0.15) is 71.1 Å². The van der Waals surface area contributed by atoms with Gasteiger partial charge in [0.1, 0.15) is 0 Å². The van der Waals surface area contributed by atoms with Gasteiger partial charge in [0.15, 0.2) is 0 Å². The first-order chi connectivity index (χ1) is 8.68. The zero-order valence-corrected chi connectivity index (χ0v) is 12.9. The Morgan fingerprint density at radius 2 is 1.33 bits per heavy atom. The molecule has 0 aliphatic carbocycles. The summed E-state index contributed by atoms with van der Waals surface area (Å²) in [6, 6.07) is 0. The van der Waals surface area contributed by atoms with Crippen molar-refractivity contribution in [2.45, 2.75) is 71.1 Å². The number of hydrogen-bond acceptors (Lipinski definition) is 4. The largest absolute Gasteiger partial charge is 0.346 e. The van der Waals surface area contributed by atoms with Gasteiger partial charge < -0.3 is 4.52 Å². The van der Waals surface area contributed by atoms with E-state index in [1.807, 2.05) is 0 Å². The molecule has 0 spiro atoms. The summed E-state index contributed by atoms with van der Waals surface area (Å²) >= 11 is 0. The van der Waals surface area contributed by atoms with Crippen LogP contribution in [0, 0.1) is 0 Å². The van der Waals surface area contributed by atoms with Gasteiger partial charge in [-0.2, -0.15) is 0 Å². The molecule has 0 rings (SSSR count).